The molecule has 3 atom stereocenters. The first-order chi connectivity index (χ1) is 9.24. The van der Waals surface area contributed by atoms with Gasteiger partial charge >= 0.3 is 5.97 Å². The molecule has 3 rings (SSSR count). The minimum absolute atomic E-state index is 0.169. The number of carboxylic acid groups (broad SMARTS) is 1. The van der Waals surface area contributed by atoms with Crippen molar-refractivity contribution in [3.63, 3.8) is 0 Å². The van der Waals surface area contributed by atoms with Gasteiger partial charge in [-0.05, 0) is 25.7 Å². The van der Waals surface area contributed by atoms with Crippen LogP contribution >= 0.6 is 0 Å². The van der Waals surface area contributed by atoms with Gasteiger partial charge in [-0.25, -0.2) is 4.79 Å². The number of rotatable bonds is 3. The number of carboxylic acids is 1. The lowest BCUT2D eigenvalue weighted by molar-refractivity contribution is -0.150. The third kappa shape index (κ3) is 2.62. The number of aliphatic carboxylic acids is 1. The number of aromatic nitrogens is 2. The van der Waals surface area contributed by atoms with E-state index < -0.39 is 18.2 Å². The van der Waals surface area contributed by atoms with Crippen molar-refractivity contribution in [3.8, 4) is 0 Å². The van der Waals surface area contributed by atoms with E-state index in [4.69, 9.17) is 19.1 Å². The Labute approximate surface area is 109 Å². The van der Waals surface area contributed by atoms with Crippen LogP contribution < -0.4 is 0 Å². The monoisotopic (exact) mass is 268 g/mol. The lowest BCUT2D eigenvalue weighted by Crippen LogP contribution is -2.18. The Hall–Kier alpha value is -1.47. The van der Waals surface area contributed by atoms with Crippen molar-refractivity contribution in [1.29, 1.82) is 0 Å². The van der Waals surface area contributed by atoms with Crippen LogP contribution in [0.2, 0.25) is 0 Å². The standard InChI is InChI=1S/C12H16N2O5/c15-12(16)9-4-3-8(18-9)11-13-10(14-19-11)7-2-1-5-17-6-7/h7-9H,1-6H2,(H,15,16). The van der Waals surface area contributed by atoms with Crippen LogP contribution in [0, 0.1) is 0 Å². The van der Waals surface area contributed by atoms with Gasteiger partial charge in [0.05, 0.1) is 6.61 Å². The summed E-state index contributed by atoms with van der Waals surface area (Å²) in [4.78, 5) is 15.2. The van der Waals surface area contributed by atoms with E-state index in [-0.39, 0.29) is 5.92 Å². The van der Waals surface area contributed by atoms with Gasteiger partial charge in [-0.1, -0.05) is 5.16 Å². The number of ether oxygens (including phenoxy) is 2. The molecule has 1 aromatic rings. The molecule has 19 heavy (non-hydrogen) atoms. The Balaban J connectivity index is 1.66. The molecule has 3 heterocycles. The largest absolute Gasteiger partial charge is 0.479 e. The van der Waals surface area contributed by atoms with Crippen molar-refractivity contribution in [2.75, 3.05) is 13.2 Å². The van der Waals surface area contributed by atoms with Crippen LogP contribution in [0.15, 0.2) is 4.52 Å². The molecule has 1 N–H and O–H groups in total. The molecule has 0 aliphatic carbocycles. The molecule has 0 spiro atoms. The van der Waals surface area contributed by atoms with Gasteiger partial charge in [0.2, 0.25) is 0 Å². The normalized spacial score (nSPS) is 31.5. The first-order valence-corrected chi connectivity index (χ1v) is 6.53. The van der Waals surface area contributed by atoms with Gasteiger partial charge in [0, 0.05) is 12.5 Å². The fourth-order valence-electron chi connectivity index (χ4n) is 2.49. The predicted molar refractivity (Wildman–Crippen MR) is 61.6 cm³/mol. The second-order valence-electron chi connectivity index (χ2n) is 4.93. The highest BCUT2D eigenvalue weighted by molar-refractivity contribution is 5.72. The van der Waals surface area contributed by atoms with Crippen LogP contribution in [0.3, 0.4) is 0 Å². The van der Waals surface area contributed by atoms with Crippen molar-refractivity contribution in [2.45, 2.75) is 43.8 Å². The molecule has 104 valence electrons. The molecule has 2 aliphatic heterocycles. The zero-order chi connectivity index (χ0) is 13.2. The SMILES string of the molecule is O=C(O)C1CCC(c2nc(C3CCCOC3)no2)O1. The zero-order valence-electron chi connectivity index (χ0n) is 10.4. The average molecular weight is 268 g/mol. The Morgan fingerprint density at radius 3 is 2.89 bits per heavy atom. The molecule has 2 fully saturated rings. The van der Waals surface area contributed by atoms with Crippen molar-refractivity contribution in [1.82, 2.24) is 10.1 Å². The van der Waals surface area contributed by atoms with Crippen molar-refractivity contribution >= 4 is 5.97 Å². The summed E-state index contributed by atoms with van der Waals surface area (Å²) in [6.45, 7) is 1.40. The van der Waals surface area contributed by atoms with Gasteiger partial charge in [-0.15, -0.1) is 0 Å². The van der Waals surface area contributed by atoms with Crippen molar-refractivity contribution in [2.24, 2.45) is 0 Å². The van der Waals surface area contributed by atoms with Gasteiger partial charge < -0.3 is 19.1 Å². The highest BCUT2D eigenvalue weighted by Gasteiger charge is 2.35. The van der Waals surface area contributed by atoms with Crippen LogP contribution in [-0.2, 0) is 14.3 Å². The molecular formula is C12H16N2O5. The summed E-state index contributed by atoms with van der Waals surface area (Å²) in [7, 11) is 0. The molecular weight excluding hydrogens is 252 g/mol. The highest BCUT2D eigenvalue weighted by atomic mass is 16.6. The molecule has 1 aromatic heterocycles. The summed E-state index contributed by atoms with van der Waals surface area (Å²) in [5.41, 5.74) is 0. The summed E-state index contributed by atoms with van der Waals surface area (Å²) >= 11 is 0. The van der Waals surface area contributed by atoms with E-state index in [1.54, 1.807) is 0 Å². The first-order valence-electron chi connectivity index (χ1n) is 6.53. The van der Waals surface area contributed by atoms with Gasteiger partial charge in [0.25, 0.3) is 5.89 Å². The lowest BCUT2D eigenvalue weighted by Gasteiger charge is -2.18. The molecule has 0 bridgehead atoms. The summed E-state index contributed by atoms with van der Waals surface area (Å²) in [5.74, 6) is 0.243. The molecule has 0 saturated carbocycles. The van der Waals surface area contributed by atoms with Gasteiger partial charge in [0.15, 0.2) is 11.9 Å². The Morgan fingerprint density at radius 1 is 1.32 bits per heavy atom. The van der Waals surface area contributed by atoms with E-state index in [1.165, 1.54) is 0 Å². The van der Waals surface area contributed by atoms with Crippen LogP contribution in [-0.4, -0.2) is 40.5 Å². The molecule has 0 radical (unpaired) electrons. The maximum absolute atomic E-state index is 10.8. The maximum atomic E-state index is 10.8. The van der Waals surface area contributed by atoms with E-state index in [1.807, 2.05) is 0 Å². The molecule has 3 unspecified atom stereocenters. The van der Waals surface area contributed by atoms with E-state index in [0.29, 0.717) is 31.2 Å². The van der Waals surface area contributed by atoms with Crippen LogP contribution in [0.25, 0.3) is 0 Å². The summed E-state index contributed by atoms with van der Waals surface area (Å²) in [6.07, 6.45) is 1.90. The summed E-state index contributed by atoms with van der Waals surface area (Å²) < 4.78 is 16.0. The minimum atomic E-state index is -0.942. The number of carbonyl (C=O) groups is 1. The van der Waals surface area contributed by atoms with E-state index >= 15 is 0 Å². The molecule has 2 saturated heterocycles. The van der Waals surface area contributed by atoms with E-state index in [9.17, 15) is 4.79 Å². The molecule has 7 nitrogen and oxygen atoms in total. The van der Waals surface area contributed by atoms with E-state index in [2.05, 4.69) is 10.1 Å². The van der Waals surface area contributed by atoms with Crippen LogP contribution in [0.4, 0.5) is 0 Å². The smallest absolute Gasteiger partial charge is 0.332 e. The number of nitrogens with zero attached hydrogens (tertiary/aromatic N) is 2. The second kappa shape index (κ2) is 5.26. The predicted octanol–water partition coefficient (Wildman–Crippen LogP) is 1.27. The topological polar surface area (TPSA) is 94.7 Å². The maximum Gasteiger partial charge on any atom is 0.332 e. The molecule has 2 aliphatic rings. The third-order valence-electron chi connectivity index (χ3n) is 3.55. The molecule has 7 heteroatoms. The number of hydrogen-bond donors (Lipinski definition) is 1. The Bertz CT molecular complexity index is 455. The number of hydrogen-bond acceptors (Lipinski definition) is 6. The fourth-order valence-corrected chi connectivity index (χ4v) is 2.49. The van der Waals surface area contributed by atoms with Crippen LogP contribution in [0.5, 0.6) is 0 Å². The quantitative estimate of drug-likeness (QED) is 0.881. The van der Waals surface area contributed by atoms with Gasteiger partial charge in [-0.3, -0.25) is 0 Å². The van der Waals surface area contributed by atoms with Crippen LogP contribution in [0.1, 0.15) is 49.4 Å². The summed E-state index contributed by atoms with van der Waals surface area (Å²) in [5, 5.41) is 12.8. The van der Waals surface area contributed by atoms with Crippen molar-refractivity contribution in [3.05, 3.63) is 11.7 Å². The first kappa shape index (κ1) is 12.6. The minimum Gasteiger partial charge on any atom is -0.479 e. The third-order valence-corrected chi connectivity index (χ3v) is 3.55. The highest BCUT2D eigenvalue weighted by Crippen LogP contribution is 2.33. The molecule has 0 aromatic carbocycles. The van der Waals surface area contributed by atoms with Gasteiger partial charge in [-0.2, -0.15) is 4.98 Å². The fraction of sp³-hybridized carbons (Fsp3) is 0.750. The summed E-state index contributed by atoms with van der Waals surface area (Å²) in [6, 6.07) is 0. The molecule has 0 amide bonds. The Kier molecular flexibility index (Phi) is 3.48. The lowest BCUT2D eigenvalue weighted by atomic mass is 10.0. The zero-order valence-corrected chi connectivity index (χ0v) is 10.4. The second-order valence-corrected chi connectivity index (χ2v) is 4.93. The van der Waals surface area contributed by atoms with E-state index in [0.717, 1.165) is 19.4 Å². The average Bonchev–Trinajstić information content (AvgIpc) is 3.09. The van der Waals surface area contributed by atoms with Crippen molar-refractivity contribution < 1.29 is 23.9 Å². The Morgan fingerprint density at radius 2 is 2.21 bits per heavy atom. The van der Waals surface area contributed by atoms with Gasteiger partial charge in [0.1, 0.15) is 6.10 Å².